The van der Waals surface area contributed by atoms with Gasteiger partial charge in [0.05, 0.1) is 10.5 Å². The number of hydrogen-bond donors (Lipinski definition) is 2. The number of carbonyl (C=O) groups excluding carboxylic acids is 1. The summed E-state index contributed by atoms with van der Waals surface area (Å²) in [6.45, 7) is 8.12. The highest BCUT2D eigenvalue weighted by Gasteiger charge is 2.19. The molecule has 3 aromatic rings. The van der Waals surface area contributed by atoms with E-state index in [9.17, 15) is 4.79 Å². The van der Waals surface area contributed by atoms with Crippen LogP contribution in [0.25, 0.3) is 10.9 Å². The van der Waals surface area contributed by atoms with E-state index < -0.39 is 0 Å². The monoisotopic (exact) mass is 488 g/mol. The summed E-state index contributed by atoms with van der Waals surface area (Å²) in [5.41, 5.74) is 2.73. The van der Waals surface area contributed by atoms with E-state index in [0.29, 0.717) is 21.5 Å². The van der Waals surface area contributed by atoms with Gasteiger partial charge in [0.25, 0.3) is 5.91 Å². The zero-order chi connectivity index (χ0) is 24.2. The Balaban J connectivity index is 1.65. The maximum atomic E-state index is 12.4. The summed E-state index contributed by atoms with van der Waals surface area (Å²) in [6.07, 6.45) is 0. The van der Waals surface area contributed by atoms with Gasteiger partial charge in [-0.25, -0.2) is 4.98 Å². The van der Waals surface area contributed by atoms with Gasteiger partial charge in [-0.15, -0.1) is 0 Å². The van der Waals surface area contributed by atoms with Crippen LogP contribution in [0.5, 0.6) is 5.75 Å². The molecule has 0 radical (unpaired) electrons. The fourth-order valence-electron chi connectivity index (χ4n) is 3.74. The lowest BCUT2D eigenvalue weighted by Gasteiger charge is -2.28. The van der Waals surface area contributed by atoms with Crippen LogP contribution in [0.1, 0.15) is 19.4 Å². The van der Waals surface area contributed by atoms with Crippen molar-refractivity contribution in [3.63, 3.8) is 0 Å². The molecule has 0 fully saturated rings. The molecule has 0 aliphatic heterocycles. The third-order valence-corrected chi connectivity index (χ3v) is 5.57. The van der Waals surface area contributed by atoms with Crippen molar-refractivity contribution in [2.45, 2.75) is 20.8 Å². The minimum absolute atomic E-state index is 0.112. The first-order chi connectivity index (χ1) is 15.5. The van der Waals surface area contributed by atoms with Crippen molar-refractivity contribution >= 4 is 51.5 Å². The predicted octanol–water partition coefficient (Wildman–Crippen LogP) is 5.87. The zero-order valence-electron chi connectivity index (χ0n) is 19.6. The van der Waals surface area contributed by atoms with Crippen LogP contribution in [0.4, 0.5) is 11.5 Å². The first kappa shape index (κ1) is 25.1. The van der Waals surface area contributed by atoms with Crippen molar-refractivity contribution in [1.29, 1.82) is 0 Å². The van der Waals surface area contributed by atoms with E-state index in [4.69, 9.17) is 32.9 Å². The van der Waals surface area contributed by atoms with E-state index in [2.05, 4.69) is 43.5 Å². The predicted molar refractivity (Wildman–Crippen MR) is 138 cm³/mol. The normalized spacial score (nSPS) is 11.6. The molecular formula is C25H30Cl2N4O2. The lowest BCUT2D eigenvalue weighted by atomic mass is 9.93. The molecule has 2 aromatic carbocycles. The number of aryl methyl sites for hydroxylation is 1. The highest BCUT2D eigenvalue weighted by molar-refractivity contribution is 6.35. The molecular weight excluding hydrogens is 459 g/mol. The highest BCUT2D eigenvalue weighted by Crippen LogP contribution is 2.28. The smallest absolute Gasteiger partial charge is 0.262 e. The third kappa shape index (κ3) is 7.22. The molecule has 1 amide bonds. The number of nitrogens with zero attached hydrogens (tertiary/aromatic N) is 2. The van der Waals surface area contributed by atoms with Crippen LogP contribution in [0.3, 0.4) is 0 Å². The van der Waals surface area contributed by atoms with Crippen molar-refractivity contribution in [3.05, 3.63) is 58.1 Å². The fourth-order valence-corrected chi connectivity index (χ4v) is 4.20. The molecule has 0 unspecified atom stereocenters. The average molecular weight is 489 g/mol. The van der Waals surface area contributed by atoms with E-state index in [1.807, 2.05) is 31.2 Å². The maximum Gasteiger partial charge on any atom is 0.262 e. The number of pyridine rings is 1. The van der Waals surface area contributed by atoms with Crippen LogP contribution < -0.4 is 15.4 Å². The number of fused-ring (bicyclic) bond motifs is 1. The van der Waals surface area contributed by atoms with Gasteiger partial charge in [-0.05, 0) is 74.5 Å². The minimum Gasteiger partial charge on any atom is -0.482 e. The van der Waals surface area contributed by atoms with Crippen LogP contribution in [0, 0.1) is 12.3 Å². The van der Waals surface area contributed by atoms with Crippen molar-refractivity contribution in [2.75, 3.05) is 44.4 Å². The Morgan fingerprint density at radius 2 is 1.88 bits per heavy atom. The molecule has 3 rings (SSSR count). The van der Waals surface area contributed by atoms with E-state index in [-0.39, 0.29) is 17.9 Å². The number of anilines is 2. The van der Waals surface area contributed by atoms with Crippen LogP contribution in [0.2, 0.25) is 10.0 Å². The molecule has 0 saturated carbocycles. The van der Waals surface area contributed by atoms with Gasteiger partial charge in [0.1, 0.15) is 11.6 Å². The summed E-state index contributed by atoms with van der Waals surface area (Å²) in [6, 6.07) is 12.6. The van der Waals surface area contributed by atoms with Gasteiger partial charge in [-0.1, -0.05) is 37.0 Å². The standard InChI is InChI=1S/C25H30Cl2N4O2/c1-16-10-23(28-14-25(2,3)15-31(4)5)30-21-8-7-18(12-19(16)21)29-24(32)13-33-22-9-6-17(26)11-20(22)27/h6-12H,13-15H2,1-5H3,(H,28,30)(H,29,32). The molecule has 0 saturated heterocycles. The summed E-state index contributed by atoms with van der Waals surface area (Å²) in [4.78, 5) is 19.3. The zero-order valence-corrected chi connectivity index (χ0v) is 21.1. The molecule has 8 heteroatoms. The molecule has 0 spiro atoms. The molecule has 0 aliphatic rings. The number of aromatic nitrogens is 1. The van der Waals surface area contributed by atoms with E-state index in [0.717, 1.165) is 35.4 Å². The number of benzene rings is 2. The van der Waals surface area contributed by atoms with E-state index in [1.54, 1.807) is 18.2 Å². The Hall–Kier alpha value is -2.54. The number of carbonyl (C=O) groups is 1. The Labute approximate surface area is 205 Å². The summed E-state index contributed by atoms with van der Waals surface area (Å²) >= 11 is 12.0. The van der Waals surface area contributed by atoms with Gasteiger partial charge >= 0.3 is 0 Å². The van der Waals surface area contributed by atoms with Gasteiger partial charge in [0.15, 0.2) is 6.61 Å². The number of rotatable bonds is 9. The molecule has 176 valence electrons. The van der Waals surface area contributed by atoms with Gasteiger partial charge < -0.3 is 20.3 Å². The number of nitrogens with one attached hydrogen (secondary N) is 2. The van der Waals surface area contributed by atoms with Crippen LogP contribution in [-0.4, -0.2) is 49.6 Å². The maximum absolute atomic E-state index is 12.4. The largest absolute Gasteiger partial charge is 0.482 e. The van der Waals surface area contributed by atoms with Crippen LogP contribution in [-0.2, 0) is 4.79 Å². The van der Waals surface area contributed by atoms with Crippen molar-refractivity contribution < 1.29 is 9.53 Å². The average Bonchev–Trinajstić information content (AvgIpc) is 2.71. The summed E-state index contributed by atoms with van der Waals surface area (Å²) in [5.74, 6) is 0.966. The van der Waals surface area contributed by atoms with Crippen molar-refractivity contribution in [2.24, 2.45) is 5.41 Å². The Kier molecular flexibility index (Phi) is 8.05. The van der Waals surface area contributed by atoms with E-state index >= 15 is 0 Å². The SMILES string of the molecule is Cc1cc(NCC(C)(C)CN(C)C)nc2ccc(NC(=O)COc3ccc(Cl)cc3Cl)cc12. The van der Waals surface area contributed by atoms with Crippen LogP contribution in [0.15, 0.2) is 42.5 Å². The molecule has 0 aliphatic carbocycles. The second-order valence-electron chi connectivity index (χ2n) is 9.22. The van der Waals surface area contributed by atoms with Gasteiger partial charge in [-0.2, -0.15) is 0 Å². The molecule has 1 aromatic heterocycles. The van der Waals surface area contributed by atoms with Crippen LogP contribution >= 0.6 is 23.2 Å². The number of halogens is 2. The minimum atomic E-state index is -0.285. The summed E-state index contributed by atoms with van der Waals surface area (Å²) in [7, 11) is 4.16. The second-order valence-corrected chi connectivity index (χ2v) is 10.1. The Morgan fingerprint density at radius 1 is 1.12 bits per heavy atom. The number of hydrogen-bond acceptors (Lipinski definition) is 5. The van der Waals surface area contributed by atoms with Crippen molar-refractivity contribution in [1.82, 2.24) is 9.88 Å². The Morgan fingerprint density at radius 3 is 2.58 bits per heavy atom. The van der Waals surface area contributed by atoms with Gasteiger partial charge in [0, 0.05) is 29.2 Å². The van der Waals surface area contributed by atoms with Crippen molar-refractivity contribution in [3.8, 4) is 5.75 Å². The van der Waals surface area contributed by atoms with Gasteiger partial charge in [0.2, 0.25) is 0 Å². The molecule has 33 heavy (non-hydrogen) atoms. The van der Waals surface area contributed by atoms with Gasteiger partial charge in [-0.3, -0.25) is 4.79 Å². The molecule has 2 N–H and O–H groups in total. The lowest BCUT2D eigenvalue weighted by Crippen LogP contribution is -2.34. The molecule has 0 bridgehead atoms. The summed E-state index contributed by atoms with van der Waals surface area (Å²) < 4.78 is 5.50. The topological polar surface area (TPSA) is 66.5 Å². The summed E-state index contributed by atoms with van der Waals surface area (Å²) in [5, 5.41) is 8.17. The molecule has 6 nitrogen and oxygen atoms in total. The first-order valence-electron chi connectivity index (χ1n) is 10.7. The molecule has 1 heterocycles. The lowest BCUT2D eigenvalue weighted by molar-refractivity contribution is -0.118. The number of ether oxygens (including phenoxy) is 1. The third-order valence-electron chi connectivity index (χ3n) is 5.04. The number of amides is 1. The molecule has 0 atom stereocenters. The van der Waals surface area contributed by atoms with E-state index in [1.165, 1.54) is 0 Å². The first-order valence-corrected chi connectivity index (χ1v) is 11.5. The fraction of sp³-hybridized carbons (Fsp3) is 0.360. The highest BCUT2D eigenvalue weighted by atomic mass is 35.5. The Bertz CT molecular complexity index is 1150. The quantitative estimate of drug-likeness (QED) is 0.394. The second kappa shape index (κ2) is 10.6.